The Bertz CT molecular complexity index is 3550. The van der Waals surface area contributed by atoms with Crippen LogP contribution in [0, 0.1) is 22.7 Å². The number of aromatic nitrogens is 10. The molecular weight excluding hydrogens is 677 g/mol. The molecule has 11 rings (SSSR count). The van der Waals surface area contributed by atoms with Crippen LogP contribution in [-0.2, 0) is 0 Å². The van der Waals surface area contributed by atoms with E-state index in [1.165, 1.54) is 0 Å². The molecule has 0 aliphatic heterocycles. The van der Waals surface area contributed by atoms with Crippen LogP contribution >= 0.6 is 0 Å². The van der Waals surface area contributed by atoms with Crippen molar-refractivity contribution >= 4 is 88.6 Å². The lowest BCUT2D eigenvalue weighted by Gasteiger charge is -2.11. The van der Waals surface area contributed by atoms with Gasteiger partial charge in [-0.3, -0.25) is 0 Å². The van der Waals surface area contributed by atoms with E-state index in [-0.39, 0.29) is 22.8 Å². The predicted molar refractivity (Wildman–Crippen MR) is 205 cm³/mol. The number of nitrogen functional groups attached to an aromatic ring is 2. The molecule has 0 atom stereocenters. The largest absolute Gasteiger partial charge is 0.383 e. The first-order valence-corrected chi connectivity index (χ1v) is 16.8. The molecule has 11 aromatic rings. The van der Waals surface area contributed by atoms with Crippen molar-refractivity contribution in [3.63, 3.8) is 0 Å². The highest BCUT2D eigenvalue weighted by Gasteiger charge is 2.25. The van der Waals surface area contributed by atoms with E-state index in [0.29, 0.717) is 66.6 Å². The summed E-state index contributed by atoms with van der Waals surface area (Å²) < 4.78 is 3.41. The van der Waals surface area contributed by atoms with Gasteiger partial charge in [0, 0.05) is 21.9 Å². The first-order chi connectivity index (χ1) is 26.5. The number of nitrogens with two attached hydrogens (primary N) is 2. The van der Waals surface area contributed by atoms with Gasteiger partial charge in [0.2, 0.25) is 0 Å². The summed E-state index contributed by atoms with van der Waals surface area (Å²) in [5, 5.41) is 53.7. The van der Waals surface area contributed by atoms with E-state index in [0.717, 1.165) is 32.6 Å². The zero-order chi connectivity index (χ0) is 36.2. The minimum atomic E-state index is 0.0370. The van der Waals surface area contributed by atoms with Crippen LogP contribution < -0.4 is 11.5 Å². The van der Waals surface area contributed by atoms with E-state index >= 15 is 0 Å². The average Bonchev–Trinajstić information content (AvgIpc) is 3.77. The van der Waals surface area contributed by atoms with Crippen LogP contribution in [0.1, 0.15) is 11.1 Å². The minimum absolute atomic E-state index is 0.0370. The summed E-state index contributed by atoms with van der Waals surface area (Å²) in [6.07, 6.45) is 0. The molecule has 14 heteroatoms. The molecule has 0 radical (unpaired) electrons. The van der Waals surface area contributed by atoms with Crippen molar-refractivity contribution in [3.05, 3.63) is 108 Å². The minimum Gasteiger partial charge on any atom is -0.383 e. The molecule has 0 aliphatic rings. The fraction of sp³-hybridized carbons (Fsp3) is 0. The van der Waals surface area contributed by atoms with Gasteiger partial charge in [0.05, 0.1) is 16.3 Å². The van der Waals surface area contributed by atoms with Gasteiger partial charge in [-0.2, -0.15) is 10.5 Å². The first-order valence-electron chi connectivity index (χ1n) is 16.8. The Balaban J connectivity index is 1.15. The van der Waals surface area contributed by atoms with Crippen molar-refractivity contribution in [2.45, 2.75) is 0 Å². The van der Waals surface area contributed by atoms with E-state index in [2.05, 4.69) is 42.5 Å². The van der Waals surface area contributed by atoms with Crippen molar-refractivity contribution in [2.75, 3.05) is 11.5 Å². The monoisotopic (exact) mass is 696 g/mol. The summed E-state index contributed by atoms with van der Waals surface area (Å²) in [6, 6.07) is 35.6. The van der Waals surface area contributed by atoms with Crippen LogP contribution in [0.3, 0.4) is 0 Å². The summed E-state index contributed by atoms with van der Waals surface area (Å²) in [7, 11) is 0. The Hall–Kier alpha value is -8.36. The van der Waals surface area contributed by atoms with Crippen LogP contribution in [0.2, 0.25) is 0 Å². The van der Waals surface area contributed by atoms with Crippen LogP contribution in [-0.4, -0.2) is 49.6 Å². The van der Waals surface area contributed by atoms with E-state index in [1.807, 2.05) is 97.1 Å². The van der Waals surface area contributed by atoms with Crippen LogP contribution in [0.4, 0.5) is 11.6 Å². The molecule has 14 nitrogen and oxygen atoms in total. The summed E-state index contributed by atoms with van der Waals surface area (Å²) >= 11 is 0. The molecule has 0 amide bonds. The Kier molecular flexibility index (Phi) is 5.76. The number of fused-ring (bicyclic) bond motifs is 14. The molecule has 250 valence electrons. The van der Waals surface area contributed by atoms with Crippen molar-refractivity contribution in [3.8, 4) is 34.4 Å². The van der Waals surface area contributed by atoms with Gasteiger partial charge in [0.15, 0.2) is 22.6 Å². The number of benzene rings is 5. The molecule has 0 bridgehead atoms. The highest BCUT2D eigenvalue weighted by Crippen LogP contribution is 2.40. The van der Waals surface area contributed by atoms with Gasteiger partial charge in [0.25, 0.3) is 0 Å². The maximum absolute atomic E-state index is 10.4. The second-order valence-corrected chi connectivity index (χ2v) is 12.9. The van der Waals surface area contributed by atoms with Gasteiger partial charge in [-0.05, 0) is 34.0 Å². The second-order valence-electron chi connectivity index (χ2n) is 12.9. The lowest BCUT2D eigenvalue weighted by Crippen LogP contribution is -2.00. The summed E-state index contributed by atoms with van der Waals surface area (Å²) in [5.74, 6) is 0.0742. The number of nitrogens with zero attached hydrogens (tertiary/aromatic N) is 12. The highest BCUT2D eigenvalue weighted by atomic mass is 15.3. The highest BCUT2D eigenvalue weighted by molar-refractivity contribution is 6.12. The van der Waals surface area contributed by atoms with Crippen molar-refractivity contribution in [2.24, 2.45) is 0 Å². The number of pyridine rings is 2. The van der Waals surface area contributed by atoms with E-state index < -0.39 is 0 Å². The number of hydrogen-bond acceptors (Lipinski definition) is 12. The topological polar surface area (TPSA) is 212 Å². The summed E-state index contributed by atoms with van der Waals surface area (Å²) in [4.78, 5) is 9.04. The van der Waals surface area contributed by atoms with Crippen molar-refractivity contribution < 1.29 is 0 Å². The van der Waals surface area contributed by atoms with Gasteiger partial charge < -0.3 is 11.5 Å². The molecular formula is C40H20N14. The lowest BCUT2D eigenvalue weighted by atomic mass is 9.93. The molecule has 6 aromatic heterocycles. The third kappa shape index (κ3) is 3.85. The van der Waals surface area contributed by atoms with E-state index in [4.69, 9.17) is 21.7 Å². The molecule has 6 heterocycles. The quantitative estimate of drug-likeness (QED) is 0.185. The first kappa shape index (κ1) is 29.4. The summed E-state index contributed by atoms with van der Waals surface area (Å²) in [5.41, 5.74) is 19.8. The van der Waals surface area contributed by atoms with Crippen LogP contribution in [0.25, 0.3) is 99.2 Å². The normalized spacial score (nSPS) is 11.8. The fourth-order valence-electron chi connectivity index (χ4n) is 7.63. The van der Waals surface area contributed by atoms with Crippen LogP contribution in [0.5, 0.6) is 0 Å². The van der Waals surface area contributed by atoms with E-state index in [9.17, 15) is 10.5 Å². The number of nitriles is 2. The van der Waals surface area contributed by atoms with Gasteiger partial charge in [-0.1, -0.05) is 84.9 Å². The third-order valence-corrected chi connectivity index (χ3v) is 10.0. The Morgan fingerprint density at radius 2 is 1.07 bits per heavy atom. The fourth-order valence-corrected chi connectivity index (χ4v) is 7.63. The zero-order valence-corrected chi connectivity index (χ0v) is 27.8. The number of rotatable bonds is 2. The maximum Gasteiger partial charge on any atom is 0.188 e. The lowest BCUT2D eigenvalue weighted by molar-refractivity contribution is 0.952. The van der Waals surface area contributed by atoms with Gasteiger partial charge in [-0.15, -0.1) is 30.6 Å². The smallest absolute Gasteiger partial charge is 0.188 e. The third-order valence-electron chi connectivity index (χ3n) is 10.0. The molecule has 5 aromatic carbocycles. The van der Waals surface area contributed by atoms with Gasteiger partial charge in [0.1, 0.15) is 51.5 Å². The molecule has 0 aliphatic carbocycles. The average molecular weight is 697 g/mol. The molecule has 54 heavy (non-hydrogen) atoms. The predicted octanol–water partition coefficient (Wildman–Crippen LogP) is 6.51. The molecule has 0 spiro atoms. The molecule has 0 saturated heterocycles. The second kappa shape index (κ2) is 10.6. The zero-order valence-electron chi connectivity index (χ0n) is 27.8. The Labute approximate surface area is 302 Å². The Morgan fingerprint density at radius 3 is 1.72 bits per heavy atom. The molecule has 0 fully saturated rings. The molecule has 0 saturated carbocycles. The van der Waals surface area contributed by atoms with Gasteiger partial charge in [-0.25, -0.2) is 19.0 Å². The number of hydrogen-bond donors (Lipinski definition) is 2. The SMILES string of the molecule is N#Cc1c(N)nc2nn3c4ccc5ccccc5c4nnc3c2c1-c1ccc(-c2c(C#N)c(N)nc3nn4c(nnc5ccc6ccccc6c54)c23)cc1. The standard InChI is InChI=1S/C40H20N14/c41-17-25-29(31-37(45-35(25)43)51-53-28-16-14-19-5-1-3-7-23(19)33(28)48-50-39(31)53)21-9-11-22(12-10-21)30-26(18-42)36(44)46-38-32(30)40-49-47-27-15-13-20-6-2-4-8-24(20)34(27)54(40)52-38/h1-16H,(H2,43,45,51)(H2,44,46,52). The van der Waals surface area contributed by atoms with E-state index in [1.54, 1.807) is 9.03 Å². The Morgan fingerprint density at radius 1 is 0.537 bits per heavy atom. The van der Waals surface area contributed by atoms with Crippen molar-refractivity contribution in [1.29, 1.82) is 10.5 Å². The van der Waals surface area contributed by atoms with Crippen LogP contribution in [0.15, 0.2) is 97.1 Å². The van der Waals surface area contributed by atoms with Crippen molar-refractivity contribution in [1.82, 2.24) is 49.6 Å². The summed E-state index contributed by atoms with van der Waals surface area (Å²) in [6.45, 7) is 0. The molecule has 0 unspecified atom stereocenters. The maximum atomic E-state index is 10.4. The number of anilines is 2. The molecule has 4 N–H and O–H groups in total. The van der Waals surface area contributed by atoms with Gasteiger partial charge >= 0.3 is 0 Å².